The summed E-state index contributed by atoms with van der Waals surface area (Å²) in [6.45, 7) is 2.18. The number of nitrogens with zero attached hydrogens (tertiary/aromatic N) is 1. The molecule has 24 heavy (non-hydrogen) atoms. The van der Waals surface area contributed by atoms with Gasteiger partial charge in [-0.05, 0) is 53.3 Å². The number of fused-ring (bicyclic) bond motifs is 1. The molecule has 2 atom stereocenters. The fraction of sp³-hybridized carbons (Fsp3) is 0.421. The van der Waals surface area contributed by atoms with Gasteiger partial charge in [-0.15, -0.1) is 0 Å². The number of urea groups is 1. The van der Waals surface area contributed by atoms with E-state index in [1.807, 2.05) is 23.1 Å². The zero-order valence-electron chi connectivity index (χ0n) is 13.6. The van der Waals surface area contributed by atoms with Gasteiger partial charge in [-0.25, -0.2) is 4.79 Å². The number of carbonyl (C=O) groups excluding carboxylic acids is 1. The SMILES string of the molecule is O=C(NC[C@H]1COc2ccccc2C1)N1CCC[C@H]1c1ccsc1. The number of hydrogen-bond donors (Lipinski definition) is 1. The van der Waals surface area contributed by atoms with Crippen LogP contribution in [-0.2, 0) is 6.42 Å². The van der Waals surface area contributed by atoms with E-state index in [2.05, 4.69) is 28.2 Å². The Balaban J connectivity index is 1.34. The summed E-state index contributed by atoms with van der Waals surface area (Å²) < 4.78 is 5.81. The van der Waals surface area contributed by atoms with Crippen LogP contribution < -0.4 is 10.1 Å². The summed E-state index contributed by atoms with van der Waals surface area (Å²) in [4.78, 5) is 14.6. The highest BCUT2D eigenvalue weighted by molar-refractivity contribution is 7.07. The highest BCUT2D eigenvalue weighted by Gasteiger charge is 2.30. The Morgan fingerprint density at radius 2 is 2.25 bits per heavy atom. The van der Waals surface area contributed by atoms with Gasteiger partial charge >= 0.3 is 6.03 Å². The number of carbonyl (C=O) groups is 1. The Morgan fingerprint density at radius 1 is 1.33 bits per heavy atom. The number of likely N-dealkylation sites (tertiary alicyclic amines) is 1. The highest BCUT2D eigenvalue weighted by Crippen LogP contribution is 2.33. The number of amides is 2. The van der Waals surface area contributed by atoms with E-state index in [1.165, 1.54) is 11.1 Å². The third kappa shape index (κ3) is 3.13. The minimum atomic E-state index is 0.0579. The van der Waals surface area contributed by atoms with Crippen molar-refractivity contribution >= 4 is 17.4 Å². The van der Waals surface area contributed by atoms with Crippen LogP contribution in [0.5, 0.6) is 5.75 Å². The standard InChI is InChI=1S/C19H22N2O2S/c22-19(21-8-3-5-17(21)16-7-9-24-13-16)20-11-14-10-15-4-1-2-6-18(15)23-12-14/h1-2,4,6-7,9,13-14,17H,3,5,8,10-12H2,(H,20,22)/t14-,17-/m0/s1. The molecule has 1 aromatic carbocycles. The second-order valence-electron chi connectivity index (χ2n) is 6.58. The minimum Gasteiger partial charge on any atom is -0.493 e. The van der Waals surface area contributed by atoms with Crippen molar-refractivity contribution in [2.75, 3.05) is 19.7 Å². The van der Waals surface area contributed by atoms with Crippen molar-refractivity contribution in [3.63, 3.8) is 0 Å². The van der Waals surface area contributed by atoms with Crippen LogP contribution >= 0.6 is 11.3 Å². The van der Waals surface area contributed by atoms with E-state index >= 15 is 0 Å². The lowest BCUT2D eigenvalue weighted by Gasteiger charge is -2.28. The summed E-state index contributed by atoms with van der Waals surface area (Å²) in [6.07, 6.45) is 3.10. The number of hydrogen-bond acceptors (Lipinski definition) is 3. The van der Waals surface area contributed by atoms with Crippen molar-refractivity contribution in [3.8, 4) is 5.75 Å². The second-order valence-corrected chi connectivity index (χ2v) is 7.36. The van der Waals surface area contributed by atoms with Crippen LogP contribution in [0, 0.1) is 5.92 Å². The molecule has 2 amide bonds. The normalized spacial score (nSPS) is 22.8. The predicted octanol–water partition coefficient (Wildman–Crippen LogP) is 3.85. The zero-order valence-corrected chi connectivity index (χ0v) is 14.4. The molecule has 2 aliphatic heterocycles. The van der Waals surface area contributed by atoms with Crippen molar-refractivity contribution < 1.29 is 9.53 Å². The molecule has 0 radical (unpaired) electrons. The van der Waals surface area contributed by atoms with Gasteiger partial charge in [-0.2, -0.15) is 11.3 Å². The first-order valence-corrected chi connectivity index (χ1v) is 9.53. The van der Waals surface area contributed by atoms with Crippen molar-refractivity contribution in [2.24, 2.45) is 5.92 Å². The molecule has 0 spiro atoms. The number of ether oxygens (including phenoxy) is 1. The molecule has 5 heteroatoms. The molecule has 0 aliphatic carbocycles. The molecular formula is C19H22N2O2S. The molecule has 0 saturated carbocycles. The van der Waals surface area contributed by atoms with Crippen LogP contribution in [-0.4, -0.2) is 30.6 Å². The van der Waals surface area contributed by atoms with Gasteiger partial charge in [0, 0.05) is 19.0 Å². The van der Waals surface area contributed by atoms with E-state index in [0.29, 0.717) is 19.1 Å². The summed E-state index contributed by atoms with van der Waals surface area (Å²) in [5.41, 5.74) is 2.50. The fourth-order valence-electron chi connectivity index (χ4n) is 3.68. The topological polar surface area (TPSA) is 41.6 Å². The Morgan fingerprint density at radius 3 is 3.12 bits per heavy atom. The van der Waals surface area contributed by atoms with E-state index in [0.717, 1.165) is 31.6 Å². The largest absolute Gasteiger partial charge is 0.493 e. The maximum Gasteiger partial charge on any atom is 0.317 e. The smallest absolute Gasteiger partial charge is 0.317 e. The van der Waals surface area contributed by atoms with Gasteiger partial charge in [0.25, 0.3) is 0 Å². The first kappa shape index (κ1) is 15.5. The van der Waals surface area contributed by atoms with Gasteiger partial charge < -0.3 is 15.0 Å². The molecule has 3 heterocycles. The predicted molar refractivity (Wildman–Crippen MR) is 95.5 cm³/mol. The van der Waals surface area contributed by atoms with Crippen molar-refractivity contribution in [1.82, 2.24) is 10.2 Å². The van der Waals surface area contributed by atoms with Crippen LogP contribution in [0.3, 0.4) is 0 Å². The monoisotopic (exact) mass is 342 g/mol. The number of nitrogens with one attached hydrogen (secondary N) is 1. The number of benzene rings is 1. The molecule has 2 aliphatic rings. The van der Waals surface area contributed by atoms with Crippen LogP contribution in [0.15, 0.2) is 41.1 Å². The molecule has 1 aromatic heterocycles. The molecule has 126 valence electrons. The Bertz CT molecular complexity index is 701. The first-order valence-electron chi connectivity index (χ1n) is 8.58. The molecule has 4 rings (SSSR count). The third-order valence-corrected chi connectivity index (χ3v) is 5.64. The number of rotatable bonds is 3. The van der Waals surface area contributed by atoms with Gasteiger partial charge in [0.2, 0.25) is 0 Å². The summed E-state index contributed by atoms with van der Waals surface area (Å²) in [7, 11) is 0. The molecule has 1 N–H and O–H groups in total. The molecule has 0 unspecified atom stereocenters. The second kappa shape index (κ2) is 6.85. The molecule has 1 saturated heterocycles. The number of para-hydroxylation sites is 1. The molecule has 0 bridgehead atoms. The Labute approximate surface area is 146 Å². The van der Waals surface area contributed by atoms with E-state index in [1.54, 1.807) is 11.3 Å². The van der Waals surface area contributed by atoms with Crippen molar-refractivity contribution in [2.45, 2.75) is 25.3 Å². The fourth-order valence-corrected chi connectivity index (χ4v) is 4.38. The minimum absolute atomic E-state index is 0.0579. The van der Waals surface area contributed by atoms with Crippen LogP contribution in [0.2, 0.25) is 0 Å². The lowest BCUT2D eigenvalue weighted by molar-refractivity contribution is 0.182. The molecular weight excluding hydrogens is 320 g/mol. The average Bonchev–Trinajstić information content (AvgIpc) is 3.30. The third-order valence-electron chi connectivity index (χ3n) is 4.94. The van der Waals surface area contributed by atoms with Crippen molar-refractivity contribution in [3.05, 3.63) is 52.2 Å². The van der Waals surface area contributed by atoms with E-state index in [9.17, 15) is 4.79 Å². The summed E-state index contributed by atoms with van der Waals surface area (Å²) in [5.74, 6) is 1.32. The summed E-state index contributed by atoms with van der Waals surface area (Å²) >= 11 is 1.69. The molecule has 1 fully saturated rings. The number of thiophene rings is 1. The van der Waals surface area contributed by atoms with Crippen LogP contribution in [0.4, 0.5) is 4.79 Å². The molecule has 2 aromatic rings. The quantitative estimate of drug-likeness (QED) is 0.921. The van der Waals surface area contributed by atoms with E-state index < -0.39 is 0 Å². The highest BCUT2D eigenvalue weighted by atomic mass is 32.1. The average molecular weight is 342 g/mol. The van der Waals surface area contributed by atoms with Gasteiger partial charge in [-0.1, -0.05) is 18.2 Å². The lowest BCUT2D eigenvalue weighted by atomic mass is 9.97. The van der Waals surface area contributed by atoms with E-state index in [4.69, 9.17) is 4.74 Å². The maximum absolute atomic E-state index is 12.6. The maximum atomic E-state index is 12.6. The Kier molecular flexibility index (Phi) is 4.43. The summed E-state index contributed by atoms with van der Waals surface area (Å²) in [6, 6.07) is 10.6. The molecule has 4 nitrogen and oxygen atoms in total. The lowest BCUT2D eigenvalue weighted by Crippen LogP contribution is -2.43. The van der Waals surface area contributed by atoms with Gasteiger partial charge in [0.05, 0.1) is 12.6 Å². The Hall–Kier alpha value is -2.01. The van der Waals surface area contributed by atoms with Crippen LogP contribution in [0.25, 0.3) is 0 Å². The zero-order chi connectivity index (χ0) is 16.4. The van der Waals surface area contributed by atoms with Gasteiger partial charge in [0.1, 0.15) is 5.75 Å². The van der Waals surface area contributed by atoms with Crippen molar-refractivity contribution in [1.29, 1.82) is 0 Å². The van der Waals surface area contributed by atoms with Crippen LogP contribution in [0.1, 0.15) is 30.0 Å². The van der Waals surface area contributed by atoms with Gasteiger partial charge in [0.15, 0.2) is 0 Å². The van der Waals surface area contributed by atoms with E-state index in [-0.39, 0.29) is 12.1 Å². The summed E-state index contributed by atoms with van der Waals surface area (Å²) in [5, 5.41) is 7.37. The first-order chi connectivity index (χ1) is 11.8. The van der Waals surface area contributed by atoms with Gasteiger partial charge in [-0.3, -0.25) is 0 Å².